The SMILES string of the molecule is c1ccc(-n2c3ccccc3c3c4c5ccccc5n(-c5cccc(-c6ccc7c8c(cccc68)-c6ccccc6-7)c5)c4c4c5ccccc5oc4c32)cc1. The van der Waals surface area contributed by atoms with Gasteiger partial charge in [-0.25, -0.2) is 0 Å². The monoisotopic (exact) mass is 698 g/mol. The Morgan fingerprint density at radius 3 is 1.65 bits per heavy atom. The molecule has 0 unspecified atom stereocenters. The molecule has 9 aromatic carbocycles. The standard InChI is InChI=1S/C52H30N2O/c1-2-15-32(16-3-1)53-43-25-9-7-21-41(43)48-47-40-20-6-10-26-44(40)54(50(47)49-42-22-8-11-27-45(42)55-52(49)51(48)53)33-17-12-14-31(30-33)34-28-29-39-36-19-5-4-18-35(36)38-24-13-23-37(34)46(38)39/h1-30H. The largest absolute Gasteiger partial charge is 0.454 e. The molecule has 13 rings (SSSR count). The maximum Gasteiger partial charge on any atom is 0.162 e. The number of hydrogen-bond acceptors (Lipinski definition) is 1. The minimum absolute atomic E-state index is 0.885. The van der Waals surface area contributed by atoms with Crippen molar-refractivity contribution >= 4 is 76.3 Å². The molecule has 0 amide bonds. The highest BCUT2D eigenvalue weighted by atomic mass is 16.3. The Morgan fingerprint density at radius 1 is 0.327 bits per heavy atom. The van der Waals surface area contributed by atoms with Gasteiger partial charge in [-0.05, 0) is 86.6 Å². The molecule has 3 aromatic heterocycles. The molecule has 0 atom stereocenters. The van der Waals surface area contributed by atoms with Crippen LogP contribution >= 0.6 is 0 Å². The zero-order valence-corrected chi connectivity index (χ0v) is 29.6. The lowest BCUT2D eigenvalue weighted by atomic mass is 9.94. The molecular weight excluding hydrogens is 669 g/mol. The average Bonchev–Trinajstić information content (AvgIpc) is 3.99. The van der Waals surface area contributed by atoms with Crippen LogP contribution in [0.25, 0.3) is 121 Å². The minimum atomic E-state index is 0.885. The third-order valence-corrected chi connectivity index (χ3v) is 12.0. The van der Waals surface area contributed by atoms with E-state index in [4.69, 9.17) is 4.42 Å². The normalized spacial score (nSPS) is 12.4. The highest BCUT2D eigenvalue weighted by Gasteiger charge is 2.28. The number of fused-ring (bicyclic) bond motifs is 15. The van der Waals surface area contributed by atoms with Crippen molar-refractivity contribution in [2.45, 2.75) is 0 Å². The number of rotatable bonds is 3. The van der Waals surface area contributed by atoms with Crippen molar-refractivity contribution in [1.29, 1.82) is 0 Å². The van der Waals surface area contributed by atoms with E-state index >= 15 is 0 Å². The van der Waals surface area contributed by atoms with E-state index in [1.807, 2.05) is 0 Å². The summed E-state index contributed by atoms with van der Waals surface area (Å²) in [4.78, 5) is 0. The van der Waals surface area contributed by atoms with E-state index in [1.165, 1.54) is 71.2 Å². The molecule has 0 N–H and O–H groups in total. The maximum absolute atomic E-state index is 7.01. The molecule has 3 nitrogen and oxygen atoms in total. The minimum Gasteiger partial charge on any atom is -0.454 e. The van der Waals surface area contributed by atoms with Crippen molar-refractivity contribution in [3.63, 3.8) is 0 Å². The fourth-order valence-electron chi connectivity index (χ4n) is 9.87. The van der Waals surface area contributed by atoms with E-state index in [2.05, 4.69) is 191 Å². The molecule has 0 fully saturated rings. The molecule has 0 saturated heterocycles. The van der Waals surface area contributed by atoms with Gasteiger partial charge in [0.15, 0.2) is 5.58 Å². The second-order valence-electron chi connectivity index (χ2n) is 14.8. The zero-order valence-electron chi connectivity index (χ0n) is 29.6. The van der Waals surface area contributed by atoms with Gasteiger partial charge in [-0.3, -0.25) is 0 Å². The molecule has 0 spiro atoms. The summed E-state index contributed by atoms with van der Waals surface area (Å²) in [6, 6.07) is 66.2. The summed E-state index contributed by atoms with van der Waals surface area (Å²) in [7, 11) is 0. The molecule has 1 aliphatic rings. The first-order valence-electron chi connectivity index (χ1n) is 18.9. The fourth-order valence-corrected chi connectivity index (χ4v) is 9.87. The Balaban J connectivity index is 1.18. The smallest absolute Gasteiger partial charge is 0.162 e. The van der Waals surface area contributed by atoms with Crippen LogP contribution in [0, 0.1) is 0 Å². The van der Waals surface area contributed by atoms with E-state index in [0.29, 0.717) is 0 Å². The first-order valence-corrected chi connectivity index (χ1v) is 18.9. The molecule has 0 bridgehead atoms. The van der Waals surface area contributed by atoms with Crippen molar-refractivity contribution in [3.05, 3.63) is 182 Å². The lowest BCUT2D eigenvalue weighted by molar-refractivity contribution is 0.671. The third-order valence-electron chi connectivity index (χ3n) is 12.0. The molecule has 1 aliphatic carbocycles. The molecule has 3 heteroatoms. The summed E-state index contributed by atoms with van der Waals surface area (Å²) in [5, 5.41) is 9.74. The molecule has 3 heterocycles. The van der Waals surface area contributed by atoms with Crippen molar-refractivity contribution < 1.29 is 4.42 Å². The second kappa shape index (κ2) is 10.6. The van der Waals surface area contributed by atoms with Crippen molar-refractivity contribution in [3.8, 4) is 44.8 Å². The lowest BCUT2D eigenvalue weighted by Crippen LogP contribution is -1.96. The first kappa shape index (κ1) is 29.1. The Kier molecular flexibility index (Phi) is 5.63. The van der Waals surface area contributed by atoms with Crippen molar-refractivity contribution in [2.75, 3.05) is 0 Å². The van der Waals surface area contributed by atoms with E-state index in [1.54, 1.807) is 0 Å². The highest BCUT2D eigenvalue weighted by molar-refractivity contribution is 6.39. The number of aromatic nitrogens is 2. The van der Waals surface area contributed by atoms with Crippen LogP contribution in [0.4, 0.5) is 0 Å². The molecule has 0 aliphatic heterocycles. The maximum atomic E-state index is 7.01. The summed E-state index contributed by atoms with van der Waals surface area (Å²) in [5.74, 6) is 0. The summed E-state index contributed by atoms with van der Waals surface area (Å²) in [6.07, 6.45) is 0. The summed E-state index contributed by atoms with van der Waals surface area (Å²) >= 11 is 0. The topological polar surface area (TPSA) is 23.0 Å². The predicted molar refractivity (Wildman–Crippen MR) is 230 cm³/mol. The van der Waals surface area contributed by atoms with Crippen LogP contribution in [-0.4, -0.2) is 9.13 Å². The van der Waals surface area contributed by atoms with E-state index in [9.17, 15) is 0 Å². The number of para-hydroxylation sites is 4. The summed E-state index contributed by atoms with van der Waals surface area (Å²) in [6.45, 7) is 0. The van der Waals surface area contributed by atoms with Gasteiger partial charge >= 0.3 is 0 Å². The number of benzene rings is 9. The summed E-state index contributed by atoms with van der Waals surface area (Å²) < 4.78 is 11.9. The van der Waals surface area contributed by atoms with Gasteiger partial charge in [-0.2, -0.15) is 0 Å². The van der Waals surface area contributed by atoms with Crippen molar-refractivity contribution in [1.82, 2.24) is 9.13 Å². The summed E-state index contributed by atoms with van der Waals surface area (Å²) in [5.41, 5.74) is 16.3. The Morgan fingerprint density at radius 2 is 0.873 bits per heavy atom. The second-order valence-corrected chi connectivity index (χ2v) is 14.8. The number of furan rings is 1. The van der Waals surface area contributed by atoms with Crippen LogP contribution in [0.3, 0.4) is 0 Å². The van der Waals surface area contributed by atoms with Crippen LogP contribution in [-0.2, 0) is 0 Å². The van der Waals surface area contributed by atoms with Gasteiger partial charge in [-0.15, -0.1) is 0 Å². The lowest BCUT2D eigenvalue weighted by Gasteiger charge is -2.14. The molecule has 0 saturated carbocycles. The fraction of sp³-hybridized carbons (Fsp3) is 0. The molecular formula is C52H30N2O. The van der Waals surface area contributed by atoms with Gasteiger partial charge in [0.25, 0.3) is 0 Å². The van der Waals surface area contributed by atoms with Gasteiger partial charge in [0.05, 0.1) is 27.5 Å². The Labute approximate surface area is 315 Å². The van der Waals surface area contributed by atoms with Gasteiger partial charge in [0.1, 0.15) is 5.58 Å². The van der Waals surface area contributed by atoms with Crippen LogP contribution < -0.4 is 0 Å². The molecule has 12 aromatic rings. The van der Waals surface area contributed by atoms with E-state index in [0.717, 1.165) is 49.9 Å². The van der Waals surface area contributed by atoms with Gasteiger partial charge < -0.3 is 13.6 Å². The first-order chi connectivity index (χ1) is 27.3. The molecule has 55 heavy (non-hydrogen) atoms. The van der Waals surface area contributed by atoms with Crippen LogP contribution in [0.2, 0.25) is 0 Å². The van der Waals surface area contributed by atoms with Gasteiger partial charge in [0.2, 0.25) is 0 Å². The van der Waals surface area contributed by atoms with E-state index in [-0.39, 0.29) is 0 Å². The number of nitrogens with zero attached hydrogens (tertiary/aromatic N) is 2. The average molecular weight is 699 g/mol. The molecule has 0 radical (unpaired) electrons. The van der Waals surface area contributed by atoms with Crippen LogP contribution in [0.1, 0.15) is 0 Å². The van der Waals surface area contributed by atoms with Crippen LogP contribution in [0.15, 0.2) is 186 Å². The third kappa shape index (κ3) is 3.74. The van der Waals surface area contributed by atoms with Crippen LogP contribution in [0.5, 0.6) is 0 Å². The number of hydrogen-bond donors (Lipinski definition) is 0. The zero-order chi connectivity index (χ0) is 35.8. The Bertz CT molecular complexity index is 3570. The van der Waals surface area contributed by atoms with Gasteiger partial charge in [-0.1, -0.05) is 140 Å². The Hall–Kier alpha value is -7.36. The quantitative estimate of drug-likeness (QED) is 0.180. The molecule has 254 valence electrons. The van der Waals surface area contributed by atoms with Crippen molar-refractivity contribution in [2.24, 2.45) is 0 Å². The predicted octanol–water partition coefficient (Wildman–Crippen LogP) is 14.2. The highest BCUT2D eigenvalue weighted by Crippen LogP contribution is 2.51. The van der Waals surface area contributed by atoms with E-state index < -0.39 is 0 Å². The van der Waals surface area contributed by atoms with Gasteiger partial charge in [0, 0.05) is 38.3 Å².